The molecule has 0 saturated heterocycles. The molecule has 2 heterocycles. The molecule has 3 N–H and O–H groups in total. The molecule has 1 atom stereocenters. The molecule has 210 valence electrons. The van der Waals surface area contributed by atoms with Crippen LogP contribution in [0.15, 0.2) is 91.3 Å². The van der Waals surface area contributed by atoms with Gasteiger partial charge in [0.05, 0.1) is 11.6 Å². The summed E-state index contributed by atoms with van der Waals surface area (Å²) in [6, 6.07) is 21.7. The number of carbonyl (C=O) groups excluding carboxylic acids is 2. The van der Waals surface area contributed by atoms with Gasteiger partial charge in [-0.1, -0.05) is 42.5 Å². The summed E-state index contributed by atoms with van der Waals surface area (Å²) in [5.74, 6) is -0.438. The molecule has 1 aliphatic rings. The number of rotatable bonds is 7. The Morgan fingerprint density at radius 3 is 2.29 bits per heavy atom. The predicted molar refractivity (Wildman–Crippen MR) is 150 cm³/mol. The third-order valence-electron chi connectivity index (χ3n) is 7.34. The van der Waals surface area contributed by atoms with E-state index in [2.05, 4.69) is 10.3 Å². The summed E-state index contributed by atoms with van der Waals surface area (Å²) >= 11 is 0. The summed E-state index contributed by atoms with van der Waals surface area (Å²) in [5, 5.41) is 3.07. The quantitative estimate of drug-likeness (QED) is 0.271. The van der Waals surface area contributed by atoms with Gasteiger partial charge in [0.1, 0.15) is 0 Å². The third kappa shape index (κ3) is 6.57. The van der Waals surface area contributed by atoms with E-state index in [1.54, 1.807) is 17.3 Å². The molecule has 0 unspecified atom stereocenters. The number of nitrogens with one attached hydrogen (secondary N) is 1. The second-order valence-corrected chi connectivity index (χ2v) is 10.1. The highest BCUT2D eigenvalue weighted by atomic mass is 19.4. The summed E-state index contributed by atoms with van der Waals surface area (Å²) in [7, 11) is 0. The van der Waals surface area contributed by atoms with E-state index in [-0.39, 0.29) is 18.5 Å². The monoisotopic (exact) mass is 558 g/mol. The molecule has 4 aromatic rings. The van der Waals surface area contributed by atoms with Gasteiger partial charge < -0.3 is 16.0 Å². The van der Waals surface area contributed by atoms with Gasteiger partial charge >= 0.3 is 12.2 Å². The molecule has 0 aliphatic carbocycles. The van der Waals surface area contributed by atoms with Crippen LogP contribution in [0.3, 0.4) is 0 Å². The molecule has 3 aromatic carbocycles. The summed E-state index contributed by atoms with van der Waals surface area (Å²) < 4.78 is 39.6. The molecule has 0 spiro atoms. The normalized spacial score (nSPS) is 13.8. The van der Waals surface area contributed by atoms with Crippen molar-refractivity contribution in [3.8, 4) is 22.3 Å². The molecular weight excluding hydrogens is 529 g/mol. The highest BCUT2D eigenvalue weighted by Crippen LogP contribution is 2.37. The Hall–Kier alpha value is -4.66. The van der Waals surface area contributed by atoms with E-state index >= 15 is 0 Å². The van der Waals surface area contributed by atoms with Crippen LogP contribution in [0.5, 0.6) is 0 Å². The number of hydrogen-bond acceptors (Lipinski definition) is 3. The lowest BCUT2D eigenvalue weighted by molar-refractivity contribution is -0.137. The van der Waals surface area contributed by atoms with Crippen molar-refractivity contribution in [3.05, 3.63) is 114 Å². The molecule has 1 aliphatic heterocycles. The highest BCUT2D eigenvalue weighted by Gasteiger charge is 2.31. The summed E-state index contributed by atoms with van der Waals surface area (Å²) in [4.78, 5) is 30.7. The SMILES string of the molecule is NC(=O)CC[C@H](NC(=O)N1CCc2c(cc(-c3ccncc3)cc2-c2ccc(C(F)(F)F)cc2)C1)c1ccccc1. The lowest BCUT2D eigenvalue weighted by atomic mass is 9.87. The maximum absolute atomic E-state index is 13.5. The molecule has 5 rings (SSSR count). The Bertz CT molecular complexity index is 1520. The van der Waals surface area contributed by atoms with Gasteiger partial charge in [-0.05, 0) is 88.2 Å². The molecule has 1 aromatic heterocycles. The van der Waals surface area contributed by atoms with Gasteiger partial charge in [-0.15, -0.1) is 0 Å². The average Bonchev–Trinajstić information content (AvgIpc) is 2.98. The van der Waals surface area contributed by atoms with Crippen LogP contribution in [-0.2, 0) is 23.9 Å². The summed E-state index contributed by atoms with van der Waals surface area (Å²) in [6.45, 7) is 0.753. The number of urea groups is 1. The van der Waals surface area contributed by atoms with Crippen molar-refractivity contribution >= 4 is 11.9 Å². The fraction of sp³-hybridized carbons (Fsp3) is 0.219. The largest absolute Gasteiger partial charge is 0.416 e. The molecule has 9 heteroatoms. The van der Waals surface area contributed by atoms with Crippen molar-refractivity contribution in [1.82, 2.24) is 15.2 Å². The zero-order chi connectivity index (χ0) is 29.0. The number of aromatic nitrogens is 1. The Morgan fingerprint density at radius 1 is 0.927 bits per heavy atom. The van der Waals surface area contributed by atoms with E-state index in [1.807, 2.05) is 54.6 Å². The molecule has 0 saturated carbocycles. The third-order valence-corrected chi connectivity index (χ3v) is 7.34. The number of primary amides is 1. The number of halogens is 3. The van der Waals surface area contributed by atoms with Crippen LogP contribution in [0.25, 0.3) is 22.3 Å². The van der Waals surface area contributed by atoms with Gasteiger partial charge in [0.2, 0.25) is 5.91 Å². The summed E-state index contributed by atoms with van der Waals surface area (Å²) in [6.07, 6.45) is -0.00865. The second-order valence-electron chi connectivity index (χ2n) is 10.1. The van der Waals surface area contributed by atoms with Crippen molar-refractivity contribution in [1.29, 1.82) is 0 Å². The van der Waals surface area contributed by atoms with E-state index in [9.17, 15) is 22.8 Å². The number of benzene rings is 3. The number of nitrogens with two attached hydrogens (primary N) is 1. The zero-order valence-electron chi connectivity index (χ0n) is 22.2. The van der Waals surface area contributed by atoms with Crippen molar-refractivity contribution in [2.75, 3.05) is 6.54 Å². The van der Waals surface area contributed by atoms with Crippen LogP contribution in [0.4, 0.5) is 18.0 Å². The van der Waals surface area contributed by atoms with Crippen molar-refractivity contribution in [2.45, 2.75) is 38.0 Å². The van der Waals surface area contributed by atoms with Gasteiger partial charge in [-0.3, -0.25) is 9.78 Å². The van der Waals surface area contributed by atoms with Crippen molar-refractivity contribution in [2.24, 2.45) is 5.73 Å². The van der Waals surface area contributed by atoms with E-state index < -0.39 is 17.6 Å². The lowest BCUT2D eigenvalue weighted by Crippen LogP contribution is -2.44. The van der Waals surface area contributed by atoms with Gasteiger partial charge in [0, 0.05) is 31.9 Å². The molecule has 3 amide bonds. The van der Waals surface area contributed by atoms with E-state index in [1.165, 1.54) is 12.1 Å². The first kappa shape index (κ1) is 27.9. The van der Waals surface area contributed by atoms with Gasteiger partial charge in [-0.25, -0.2) is 4.79 Å². The van der Waals surface area contributed by atoms with Crippen LogP contribution in [0, 0.1) is 0 Å². The molecular formula is C32H29F3N4O2. The van der Waals surface area contributed by atoms with Gasteiger partial charge in [-0.2, -0.15) is 13.2 Å². The van der Waals surface area contributed by atoms with Crippen LogP contribution < -0.4 is 11.1 Å². The van der Waals surface area contributed by atoms with E-state index in [4.69, 9.17) is 5.73 Å². The van der Waals surface area contributed by atoms with Crippen molar-refractivity contribution in [3.63, 3.8) is 0 Å². The first-order valence-corrected chi connectivity index (χ1v) is 13.3. The molecule has 0 bridgehead atoms. The fourth-order valence-electron chi connectivity index (χ4n) is 5.21. The molecule has 0 fully saturated rings. The first-order chi connectivity index (χ1) is 19.7. The topological polar surface area (TPSA) is 88.3 Å². The van der Waals surface area contributed by atoms with Crippen LogP contribution >= 0.6 is 0 Å². The number of hydrogen-bond donors (Lipinski definition) is 2. The minimum absolute atomic E-state index is 0.133. The van der Waals surface area contributed by atoms with Crippen LogP contribution in [0.1, 0.15) is 41.1 Å². The maximum atomic E-state index is 13.5. The number of amides is 3. The Balaban J connectivity index is 1.45. The minimum atomic E-state index is -4.42. The number of fused-ring (bicyclic) bond motifs is 1. The van der Waals surface area contributed by atoms with Crippen LogP contribution in [-0.4, -0.2) is 28.4 Å². The first-order valence-electron chi connectivity index (χ1n) is 13.3. The van der Waals surface area contributed by atoms with Crippen LogP contribution in [0.2, 0.25) is 0 Å². The fourth-order valence-corrected chi connectivity index (χ4v) is 5.21. The standard InChI is InChI=1S/C32H29F3N4O2/c33-32(34,35)26-8-6-22(7-9-26)28-19-24(21-12-15-37-16-13-21)18-25-20-39(17-14-27(25)28)31(41)38-29(10-11-30(36)40)23-4-2-1-3-5-23/h1-9,12-13,15-16,18-19,29H,10-11,14,17,20H2,(H2,36,40)(H,38,41)/t29-/m0/s1. The number of nitrogens with zero attached hydrogens (tertiary/aromatic N) is 2. The Labute approximate surface area is 236 Å². The Morgan fingerprint density at radius 2 is 1.63 bits per heavy atom. The van der Waals surface area contributed by atoms with Gasteiger partial charge in [0.15, 0.2) is 0 Å². The molecule has 0 radical (unpaired) electrons. The average molecular weight is 559 g/mol. The lowest BCUT2D eigenvalue weighted by Gasteiger charge is -2.32. The van der Waals surface area contributed by atoms with E-state index in [0.717, 1.165) is 45.5 Å². The second kappa shape index (κ2) is 11.8. The maximum Gasteiger partial charge on any atom is 0.416 e. The zero-order valence-corrected chi connectivity index (χ0v) is 22.2. The predicted octanol–water partition coefficient (Wildman–Crippen LogP) is 6.51. The molecule has 6 nitrogen and oxygen atoms in total. The summed E-state index contributed by atoms with van der Waals surface area (Å²) in [5.41, 5.74) is 10.8. The number of pyridine rings is 1. The van der Waals surface area contributed by atoms with Gasteiger partial charge in [0.25, 0.3) is 0 Å². The number of carbonyl (C=O) groups is 2. The smallest absolute Gasteiger partial charge is 0.370 e. The molecule has 41 heavy (non-hydrogen) atoms. The van der Waals surface area contributed by atoms with E-state index in [0.29, 0.717) is 31.5 Å². The minimum Gasteiger partial charge on any atom is -0.370 e. The Kier molecular flexibility index (Phi) is 8.05. The van der Waals surface area contributed by atoms with Crippen molar-refractivity contribution < 1.29 is 22.8 Å². The highest BCUT2D eigenvalue weighted by molar-refractivity contribution is 5.80. The number of alkyl halides is 3.